The Bertz CT molecular complexity index is 145. The van der Waals surface area contributed by atoms with Gasteiger partial charge in [-0.1, -0.05) is 33.6 Å². The molecule has 0 aromatic heterocycles. The molecular weight excluding hydrogens is 162 g/mol. The van der Waals surface area contributed by atoms with E-state index in [1.165, 1.54) is 19.3 Å². The highest BCUT2D eigenvalue weighted by atomic mass is 16.5. The SMILES string of the molecule is CCCC(C)CCC(C)C(=N)OC. The monoisotopic (exact) mass is 185 g/mol. The maximum Gasteiger partial charge on any atom is 0.182 e. The Balaban J connectivity index is 3.56. The zero-order valence-corrected chi connectivity index (χ0v) is 9.39. The number of hydrogen-bond acceptors (Lipinski definition) is 2. The molecule has 78 valence electrons. The van der Waals surface area contributed by atoms with Crippen LogP contribution >= 0.6 is 0 Å². The maximum atomic E-state index is 7.47. The van der Waals surface area contributed by atoms with Crippen molar-refractivity contribution in [1.82, 2.24) is 0 Å². The number of ether oxygens (including phenoxy) is 1. The number of nitrogens with one attached hydrogen (secondary N) is 1. The molecule has 13 heavy (non-hydrogen) atoms. The Morgan fingerprint density at radius 3 is 2.31 bits per heavy atom. The van der Waals surface area contributed by atoms with Crippen molar-refractivity contribution >= 4 is 5.90 Å². The Labute approximate surface area is 82.2 Å². The smallest absolute Gasteiger partial charge is 0.182 e. The van der Waals surface area contributed by atoms with Gasteiger partial charge in [0, 0.05) is 5.92 Å². The zero-order chi connectivity index (χ0) is 10.3. The molecule has 2 heteroatoms. The molecule has 2 atom stereocenters. The highest BCUT2D eigenvalue weighted by Crippen LogP contribution is 2.17. The molecule has 0 rings (SSSR count). The normalized spacial score (nSPS) is 15.1. The first-order chi connectivity index (χ1) is 6.11. The second-order valence-electron chi connectivity index (χ2n) is 3.94. The summed E-state index contributed by atoms with van der Waals surface area (Å²) in [5.41, 5.74) is 0. The van der Waals surface area contributed by atoms with Crippen LogP contribution in [0.4, 0.5) is 0 Å². The summed E-state index contributed by atoms with van der Waals surface area (Å²) in [6.07, 6.45) is 4.85. The van der Waals surface area contributed by atoms with Gasteiger partial charge in [0.15, 0.2) is 5.90 Å². The van der Waals surface area contributed by atoms with Crippen molar-refractivity contribution in [3.8, 4) is 0 Å². The molecule has 2 unspecified atom stereocenters. The highest BCUT2D eigenvalue weighted by Gasteiger charge is 2.10. The summed E-state index contributed by atoms with van der Waals surface area (Å²) in [6, 6.07) is 0. The lowest BCUT2D eigenvalue weighted by atomic mass is 9.95. The van der Waals surface area contributed by atoms with Crippen LogP contribution < -0.4 is 0 Å². The van der Waals surface area contributed by atoms with Crippen molar-refractivity contribution < 1.29 is 4.74 Å². The van der Waals surface area contributed by atoms with E-state index in [0.717, 1.165) is 12.3 Å². The van der Waals surface area contributed by atoms with Crippen molar-refractivity contribution in [2.24, 2.45) is 11.8 Å². The van der Waals surface area contributed by atoms with Gasteiger partial charge in [-0.15, -0.1) is 0 Å². The van der Waals surface area contributed by atoms with E-state index in [0.29, 0.717) is 5.90 Å². The number of hydrogen-bond donors (Lipinski definition) is 1. The van der Waals surface area contributed by atoms with Crippen LogP contribution in [0.2, 0.25) is 0 Å². The predicted molar refractivity (Wildman–Crippen MR) is 57.2 cm³/mol. The largest absolute Gasteiger partial charge is 0.484 e. The Morgan fingerprint density at radius 2 is 1.85 bits per heavy atom. The molecule has 0 aliphatic heterocycles. The lowest BCUT2D eigenvalue weighted by molar-refractivity contribution is 0.348. The van der Waals surface area contributed by atoms with Crippen molar-refractivity contribution in [3.63, 3.8) is 0 Å². The topological polar surface area (TPSA) is 33.1 Å². The van der Waals surface area contributed by atoms with Crippen molar-refractivity contribution in [1.29, 1.82) is 5.41 Å². The molecule has 0 aromatic carbocycles. The summed E-state index contributed by atoms with van der Waals surface area (Å²) in [5, 5.41) is 7.47. The molecule has 0 amide bonds. The van der Waals surface area contributed by atoms with Crippen LogP contribution in [0, 0.1) is 17.2 Å². The molecule has 0 aromatic rings. The fraction of sp³-hybridized carbons (Fsp3) is 0.909. The average molecular weight is 185 g/mol. The van der Waals surface area contributed by atoms with Gasteiger partial charge in [0.25, 0.3) is 0 Å². The van der Waals surface area contributed by atoms with Crippen molar-refractivity contribution in [3.05, 3.63) is 0 Å². The summed E-state index contributed by atoms with van der Waals surface area (Å²) in [4.78, 5) is 0. The van der Waals surface area contributed by atoms with E-state index in [2.05, 4.69) is 20.8 Å². The van der Waals surface area contributed by atoms with Gasteiger partial charge in [0.2, 0.25) is 0 Å². The van der Waals surface area contributed by atoms with Crippen LogP contribution in [-0.4, -0.2) is 13.0 Å². The minimum absolute atomic E-state index is 0.282. The van der Waals surface area contributed by atoms with Crippen LogP contribution in [-0.2, 0) is 4.74 Å². The quantitative estimate of drug-likeness (QED) is 0.499. The van der Waals surface area contributed by atoms with E-state index in [4.69, 9.17) is 10.1 Å². The van der Waals surface area contributed by atoms with Crippen LogP contribution in [0.15, 0.2) is 0 Å². The summed E-state index contributed by atoms with van der Waals surface area (Å²) in [6.45, 7) is 6.56. The summed E-state index contributed by atoms with van der Waals surface area (Å²) in [5.74, 6) is 1.49. The molecule has 0 bridgehead atoms. The van der Waals surface area contributed by atoms with Crippen LogP contribution in [0.25, 0.3) is 0 Å². The number of rotatable bonds is 6. The lowest BCUT2D eigenvalue weighted by Crippen LogP contribution is -2.12. The van der Waals surface area contributed by atoms with Gasteiger partial charge in [-0.2, -0.15) is 0 Å². The van der Waals surface area contributed by atoms with Crippen molar-refractivity contribution in [2.45, 2.75) is 46.5 Å². The van der Waals surface area contributed by atoms with Gasteiger partial charge in [-0.25, -0.2) is 0 Å². The van der Waals surface area contributed by atoms with Gasteiger partial charge in [0.1, 0.15) is 0 Å². The van der Waals surface area contributed by atoms with E-state index < -0.39 is 0 Å². The van der Waals surface area contributed by atoms with E-state index >= 15 is 0 Å². The van der Waals surface area contributed by atoms with Gasteiger partial charge >= 0.3 is 0 Å². The standard InChI is InChI=1S/C11H23NO/c1-5-6-9(2)7-8-10(3)11(12)13-4/h9-10,12H,5-8H2,1-4H3. The van der Waals surface area contributed by atoms with Crippen LogP contribution in [0.3, 0.4) is 0 Å². The minimum atomic E-state index is 0.282. The van der Waals surface area contributed by atoms with E-state index in [1.807, 2.05) is 0 Å². The molecule has 0 aliphatic rings. The molecule has 1 N–H and O–H groups in total. The first-order valence-electron chi connectivity index (χ1n) is 5.24. The maximum absolute atomic E-state index is 7.47. The highest BCUT2D eigenvalue weighted by molar-refractivity contribution is 5.74. The van der Waals surface area contributed by atoms with Gasteiger partial charge in [-0.3, -0.25) is 5.41 Å². The first-order valence-corrected chi connectivity index (χ1v) is 5.24. The third-order valence-electron chi connectivity index (χ3n) is 2.54. The third-order valence-corrected chi connectivity index (χ3v) is 2.54. The molecule has 0 heterocycles. The second kappa shape index (κ2) is 6.93. The summed E-state index contributed by atoms with van der Waals surface area (Å²) >= 11 is 0. The van der Waals surface area contributed by atoms with Gasteiger partial charge in [0.05, 0.1) is 7.11 Å². The molecule has 0 fully saturated rings. The second-order valence-corrected chi connectivity index (χ2v) is 3.94. The molecular formula is C11H23NO. The molecule has 0 saturated carbocycles. The van der Waals surface area contributed by atoms with Gasteiger partial charge < -0.3 is 4.74 Å². The fourth-order valence-electron chi connectivity index (χ4n) is 1.50. The molecule has 0 aliphatic carbocycles. The molecule has 0 saturated heterocycles. The van der Waals surface area contributed by atoms with Crippen LogP contribution in [0.5, 0.6) is 0 Å². The van der Waals surface area contributed by atoms with E-state index in [1.54, 1.807) is 7.11 Å². The fourth-order valence-corrected chi connectivity index (χ4v) is 1.50. The van der Waals surface area contributed by atoms with Crippen LogP contribution in [0.1, 0.15) is 46.5 Å². The number of methoxy groups -OCH3 is 1. The summed E-state index contributed by atoms with van der Waals surface area (Å²) < 4.78 is 4.89. The first kappa shape index (κ1) is 12.5. The summed E-state index contributed by atoms with van der Waals surface area (Å²) in [7, 11) is 1.58. The minimum Gasteiger partial charge on any atom is -0.484 e. The Hall–Kier alpha value is -0.530. The predicted octanol–water partition coefficient (Wildman–Crippen LogP) is 3.46. The van der Waals surface area contributed by atoms with Gasteiger partial charge in [-0.05, 0) is 18.8 Å². The molecule has 2 nitrogen and oxygen atoms in total. The third kappa shape index (κ3) is 5.67. The zero-order valence-electron chi connectivity index (χ0n) is 9.39. The average Bonchev–Trinajstić information content (AvgIpc) is 2.13. The lowest BCUT2D eigenvalue weighted by Gasteiger charge is -2.14. The molecule has 0 radical (unpaired) electrons. The van der Waals surface area contributed by atoms with E-state index in [9.17, 15) is 0 Å². The molecule has 0 spiro atoms. The van der Waals surface area contributed by atoms with Crippen molar-refractivity contribution in [2.75, 3.05) is 7.11 Å². The van der Waals surface area contributed by atoms with E-state index in [-0.39, 0.29) is 5.92 Å². The Morgan fingerprint density at radius 1 is 1.23 bits per heavy atom. The Kier molecular flexibility index (Phi) is 6.65.